The van der Waals surface area contributed by atoms with Crippen molar-refractivity contribution in [1.29, 1.82) is 0 Å². The van der Waals surface area contributed by atoms with Crippen molar-refractivity contribution >= 4 is 22.6 Å². The van der Waals surface area contributed by atoms with E-state index in [-0.39, 0.29) is 12.1 Å². The zero-order valence-corrected chi connectivity index (χ0v) is 14.6. The van der Waals surface area contributed by atoms with Gasteiger partial charge in [0, 0.05) is 0 Å². The molecule has 0 rings (SSSR count). The number of hydrogen-bond acceptors (Lipinski definition) is 3. The molecule has 0 amide bonds. The van der Waals surface area contributed by atoms with Gasteiger partial charge in [0.15, 0.2) is 8.32 Å². The summed E-state index contributed by atoms with van der Waals surface area (Å²) in [6.45, 7) is 16.6. The van der Waals surface area contributed by atoms with Crippen molar-refractivity contribution < 1.29 is 13.6 Å². The molecule has 0 saturated heterocycles. The summed E-state index contributed by atoms with van der Waals surface area (Å²) in [6, 6.07) is 0. The van der Waals surface area contributed by atoms with Crippen LogP contribution < -0.4 is 0 Å². The fourth-order valence-corrected chi connectivity index (χ4v) is 3.20. The van der Waals surface area contributed by atoms with Crippen LogP contribution >= 0.6 is 0 Å². The lowest BCUT2D eigenvalue weighted by Crippen LogP contribution is -2.42. The molecular weight excluding hydrogens is 248 g/mol. The molecule has 102 valence electrons. The second kappa shape index (κ2) is 6.15. The van der Waals surface area contributed by atoms with Gasteiger partial charge in [-0.25, -0.2) is 0 Å². The molecule has 0 aromatic rings. The number of rotatable bonds is 6. The number of carbonyl (C=O) groups is 1. The van der Waals surface area contributed by atoms with Crippen LogP contribution in [0.15, 0.2) is 0 Å². The minimum absolute atomic E-state index is 0.166. The molecule has 0 aliphatic rings. The first-order valence-corrected chi connectivity index (χ1v) is 13.1. The van der Waals surface area contributed by atoms with Crippen LogP contribution in [0.2, 0.25) is 39.3 Å². The fourth-order valence-electron chi connectivity index (χ4n) is 1.41. The fraction of sp³-hybridized carbons (Fsp3) is 0.917. The molecule has 17 heavy (non-hydrogen) atoms. The second-order valence-electron chi connectivity index (χ2n) is 6.88. The van der Waals surface area contributed by atoms with Gasteiger partial charge in [0.25, 0.3) is 0 Å². The molecule has 0 aromatic heterocycles. The van der Waals surface area contributed by atoms with Crippen LogP contribution in [-0.4, -0.2) is 28.7 Å². The normalized spacial score (nSPS) is 14.9. The van der Waals surface area contributed by atoms with Crippen LogP contribution in [-0.2, 0) is 13.6 Å². The van der Waals surface area contributed by atoms with Crippen molar-refractivity contribution in [2.75, 3.05) is 0 Å². The minimum Gasteiger partial charge on any atom is -0.518 e. The lowest BCUT2D eigenvalue weighted by atomic mass is 10.1. The van der Waals surface area contributed by atoms with Gasteiger partial charge in [-0.3, -0.25) is 4.79 Å². The lowest BCUT2D eigenvalue weighted by molar-refractivity contribution is -0.144. The number of hydrogen-bond donors (Lipinski definition) is 0. The Hall–Kier alpha value is -0.136. The molecule has 0 N–H and O–H groups in total. The molecular formula is C12H28O3Si2. The summed E-state index contributed by atoms with van der Waals surface area (Å²) in [6.07, 6.45) is 0.363. The van der Waals surface area contributed by atoms with Gasteiger partial charge in [-0.2, -0.15) is 0 Å². The Bertz CT molecular complexity index is 251. The van der Waals surface area contributed by atoms with E-state index >= 15 is 0 Å². The summed E-state index contributed by atoms with van der Waals surface area (Å²) < 4.78 is 11.5. The van der Waals surface area contributed by atoms with Crippen molar-refractivity contribution in [1.82, 2.24) is 0 Å². The Morgan fingerprint density at radius 2 is 1.47 bits per heavy atom. The Morgan fingerprint density at radius 3 is 1.76 bits per heavy atom. The van der Waals surface area contributed by atoms with Crippen molar-refractivity contribution in [3.63, 3.8) is 0 Å². The average Bonchev–Trinajstić information content (AvgIpc) is 1.95. The summed E-state index contributed by atoms with van der Waals surface area (Å²) >= 11 is 0. The monoisotopic (exact) mass is 276 g/mol. The highest BCUT2D eigenvalue weighted by Gasteiger charge is 2.31. The van der Waals surface area contributed by atoms with E-state index in [0.29, 0.717) is 5.92 Å². The summed E-state index contributed by atoms with van der Waals surface area (Å²) in [5.41, 5.74) is 0. The minimum atomic E-state index is -1.82. The highest BCUT2D eigenvalue weighted by atomic mass is 28.4. The van der Waals surface area contributed by atoms with Gasteiger partial charge >= 0.3 is 5.97 Å². The molecule has 0 bridgehead atoms. The van der Waals surface area contributed by atoms with Crippen molar-refractivity contribution in [2.45, 2.75) is 65.7 Å². The Balaban J connectivity index is 4.63. The highest BCUT2D eigenvalue weighted by molar-refractivity contribution is 6.71. The van der Waals surface area contributed by atoms with E-state index in [1.54, 1.807) is 0 Å². The summed E-state index contributed by atoms with van der Waals surface area (Å²) in [4.78, 5) is 12.1. The van der Waals surface area contributed by atoms with Gasteiger partial charge in [0.2, 0.25) is 8.32 Å². The van der Waals surface area contributed by atoms with Crippen LogP contribution in [0.3, 0.4) is 0 Å². The van der Waals surface area contributed by atoms with Crippen molar-refractivity contribution in [2.24, 2.45) is 5.92 Å². The molecule has 3 nitrogen and oxygen atoms in total. The molecule has 1 unspecified atom stereocenters. The van der Waals surface area contributed by atoms with E-state index in [9.17, 15) is 4.79 Å². The maximum Gasteiger partial charge on any atom is 0.320 e. The van der Waals surface area contributed by atoms with Gasteiger partial charge in [-0.15, -0.1) is 0 Å². The van der Waals surface area contributed by atoms with Crippen LogP contribution in [0.5, 0.6) is 0 Å². The first kappa shape index (κ1) is 16.9. The molecule has 0 fully saturated rings. The Kier molecular flexibility index (Phi) is 6.11. The molecule has 0 saturated carbocycles. The molecule has 5 heteroatoms. The largest absolute Gasteiger partial charge is 0.518 e. The first-order chi connectivity index (χ1) is 7.41. The molecule has 1 atom stereocenters. The van der Waals surface area contributed by atoms with E-state index in [4.69, 9.17) is 8.85 Å². The standard InChI is InChI=1S/C12H28O3Si2/c1-10(2)9-11(14-16(3,4)5)12(13)15-17(6,7)8/h10-11H,9H2,1-8H3. The Labute approximate surface area is 108 Å². The van der Waals surface area contributed by atoms with Crippen molar-refractivity contribution in [3.05, 3.63) is 0 Å². The summed E-state index contributed by atoms with van der Waals surface area (Å²) in [5.74, 6) is 0.269. The zero-order valence-electron chi connectivity index (χ0n) is 12.6. The topological polar surface area (TPSA) is 35.5 Å². The quantitative estimate of drug-likeness (QED) is 0.695. The third-order valence-corrected chi connectivity index (χ3v) is 3.66. The predicted molar refractivity (Wildman–Crippen MR) is 77.1 cm³/mol. The van der Waals surface area contributed by atoms with Crippen LogP contribution in [0.4, 0.5) is 0 Å². The van der Waals surface area contributed by atoms with E-state index in [1.807, 2.05) is 19.6 Å². The third kappa shape index (κ3) is 9.55. The van der Waals surface area contributed by atoms with Gasteiger partial charge in [0.05, 0.1) is 0 Å². The molecule has 0 radical (unpaired) electrons. The van der Waals surface area contributed by atoms with E-state index in [2.05, 4.69) is 33.5 Å². The molecule has 0 spiro atoms. The highest BCUT2D eigenvalue weighted by Crippen LogP contribution is 2.18. The average molecular weight is 277 g/mol. The first-order valence-electron chi connectivity index (χ1n) is 6.31. The van der Waals surface area contributed by atoms with E-state index in [1.165, 1.54) is 0 Å². The van der Waals surface area contributed by atoms with Gasteiger partial charge in [-0.05, 0) is 51.6 Å². The zero-order chi connectivity index (χ0) is 13.9. The summed E-state index contributed by atoms with van der Waals surface area (Å²) in [5, 5.41) is 0. The van der Waals surface area contributed by atoms with E-state index in [0.717, 1.165) is 6.42 Å². The molecule has 0 heterocycles. The number of carbonyl (C=O) groups excluding carboxylic acids is 1. The molecule has 0 aliphatic heterocycles. The van der Waals surface area contributed by atoms with Gasteiger partial charge in [-0.1, -0.05) is 13.8 Å². The van der Waals surface area contributed by atoms with Crippen molar-refractivity contribution in [3.8, 4) is 0 Å². The molecule has 0 aromatic carbocycles. The molecule has 0 aliphatic carbocycles. The SMILES string of the molecule is CC(C)CC(O[Si](C)(C)C)C(=O)O[Si](C)(C)C. The Morgan fingerprint density at radius 1 is 1.00 bits per heavy atom. The van der Waals surface area contributed by atoms with Gasteiger partial charge < -0.3 is 8.85 Å². The second-order valence-corrected chi connectivity index (χ2v) is 15.8. The van der Waals surface area contributed by atoms with Crippen LogP contribution in [0, 0.1) is 5.92 Å². The lowest BCUT2D eigenvalue weighted by Gasteiger charge is -2.29. The van der Waals surface area contributed by atoms with Gasteiger partial charge in [0.1, 0.15) is 6.10 Å². The van der Waals surface area contributed by atoms with Crippen LogP contribution in [0.1, 0.15) is 20.3 Å². The maximum absolute atomic E-state index is 12.1. The van der Waals surface area contributed by atoms with E-state index < -0.39 is 16.6 Å². The predicted octanol–water partition coefficient (Wildman–Crippen LogP) is 3.63. The summed E-state index contributed by atoms with van der Waals surface area (Å²) in [7, 11) is -3.53. The van der Waals surface area contributed by atoms with Crippen LogP contribution in [0.25, 0.3) is 0 Å². The third-order valence-electron chi connectivity index (χ3n) is 1.85. The maximum atomic E-state index is 12.1. The smallest absolute Gasteiger partial charge is 0.320 e.